The zero-order chi connectivity index (χ0) is 10.1. The van der Waals surface area contributed by atoms with Gasteiger partial charge in [0, 0.05) is 6.20 Å². The van der Waals surface area contributed by atoms with Crippen molar-refractivity contribution < 1.29 is 4.39 Å². The van der Waals surface area contributed by atoms with Crippen LogP contribution in [0.3, 0.4) is 0 Å². The lowest BCUT2D eigenvalue weighted by atomic mass is 10.1. The Balaban J connectivity index is 2.91. The van der Waals surface area contributed by atoms with Gasteiger partial charge >= 0.3 is 0 Å². The molecule has 0 saturated carbocycles. The van der Waals surface area contributed by atoms with E-state index in [2.05, 4.69) is 4.98 Å². The number of aromatic nitrogens is 1. The molecule has 0 aliphatic carbocycles. The van der Waals surface area contributed by atoms with Gasteiger partial charge in [-0.25, -0.2) is 9.37 Å². The fourth-order valence-corrected chi connectivity index (χ4v) is 1.79. The van der Waals surface area contributed by atoms with Gasteiger partial charge in [-0.1, -0.05) is 30.7 Å². The van der Waals surface area contributed by atoms with Crippen molar-refractivity contribution in [2.45, 2.75) is 13.3 Å². The first-order chi connectivity index (χ1) is 6.74. The van der Waals surface area contributed by atoms with Crippen LogP contribution in [0.1, 0.15) is 12.5 Å². The van der Waals surface area contributed by atoms with Crippen LogP contribution in [0.4, 0.5) is 4.39 Å². The Morgan fingerprint density at radius 1 is 1.43 bits per heavy atom. The van der Waals surface area contributed by atoms with Crippen LogP contribution < -0.4 is 0 Å². The van der Waals surface area contributed by atoms with Gasteiger partial charge in [0.2, 0.25) is 0 Å². The van der Waals surface area contributed by atoms with E-state index in [4.69, 9.17) is 11.6 Å². The zero-order valence-electron chi connectivity index (χ0n) is 7.72. The van der Waals surface area contributed by atoms with Crippen molar-refractivity contribution in [3.05, 3.63) is 40.9 Å². The largest absolute Gasteiger partial charge is 0.243 e. The molecule has 2 aromatic rings. The Morgan fingerprint density at radius 3 is 2.93 bits per heavy atom. The zero-order valence-corrected chi connectivity index (χ0v) is 8.48. The molecule has 0 spiro atoms. The number of pyridine rings is 1. The smallest absolute Gasteiger partial charge is 0.139 e. The van der Waals surface area contributed by atoms with Crippen LogP contribution in [-0.2, 0) is 6.42 Å². The lowest BCUT2D eigenvalue weighted by Gasteiger charge is -2.05. The molecule has 72 valence electrons. The van der Waals surface area contributed by atoms with Gasteiger partial charge in [0.25, 0.3) is 0 Å². The van der Waals surface area contributed by atoms with Gasteiger partial charge in [-0.05, 0) is 23.4 Å². The van der Waals surface area contributed by atoms with Gasteiger partial charge in [-0.3, -0.25) is 0 Å². The molecule has 0 atom stereocenters. The fourth-order valence-electron chi connectivity index (χ4n) is 1.55. The minimum atomic E-state index is -0.310. The minimum Gasteiger partial charge on any atom is -0.243 e. The van der Waals surface area contributed by atoms with Gasteiger partial charge in [-0.15, -0.1) is 0 Å². The molecule has 1 aromatic carbocycles. The van der Waals surface area contributed by atoms with Gasteiger partial charge in [0.05, 0.1) is 5.39 Å². The number of rotatable bonds is 1. The summed E-state index contributed by atoms with van der Waals surface area (Å²) < 4.78 is 13.4. The third-order valence-corrected chi connectivity index (χ3v) is 2.57. The molecule has 0 bridgehead atoms. The molecule has 3 heteroatoms. The summed E-state index contributed by atoms with van der Waals surface area (Å²) >= 11 is 5.84. The van der Waals surface area contributed by atoms with Crippen molar-refractivity contribution in [3.63, 3.8) is 0 Å². The maximum Gasteiger partial charge on any atom is 0.139 e. The van der Waals surface area contributed by atoms with Crippen LogP contribution >= 0.6 is 11.6 Å². The summed E-state index contributed by atoms with van der Waals surface area (Å²) in [5, 5.41) is 1.51. The normalized spacial score (nSPS) is 10.8. The van der Waals surface area contributed by atoms with Crippen LogP contribution in [0.15, 0.2) is 24.4 Å². The maximum atomic E-state index is 13.4. The molecule has 0 unspecified atom stereocenters. The molecule has 0 radical (unpaired) electrons. The molecule has 0 aliphatic heterocycles. The molecule has 1 nitrogen and oxygen atoms in total. The minimum absolute atomic E-state index is 0.232. The summed E-state index contributed by atoms with van der Waals surface area (Å²) in [4.78, 5) is 3.96. The van der Waals surface area contributed by atoms with E-state index in [1.807, 2.05) is 13.0 Å². The van der Waals surface area contributed by atoms with E-state index >= 15 is 0 Å². The molecular weight excluding hydrogens is 201 g/mol. The second kappa shape index (κ2) is 3.54. The molecule has 0 saturated heterocycles. The average Bonchev–Trinajstić information content (AvgIpc) is 2.18. The van der Waals surface area contributed by atoms with Gasteiger partial charge < -0.3 is 0 Å². The summed E-state index contributed by atoms with van der Waals surface area (Å²) in [6.07, 6.45) is 2.52. The topological polar surface area (TPSA) is 12.9 Å². The summed E-state index contributed by atoms with van der Waals surface area (Å²) in [6, 6.07) is 4.95. The number of nitrogens with zero attached hydrogens (tertiary/aromatic N) is 1. The predicted molar refractivity (Wildman–Crippen MR) is 56.1 cm³/mol. The Bertz CT molecular complexity index is 474. The highest BCUT2D eigenvalue weighted by Gasteiger charge is 2.08. The Kier molecular flexibility index (Phi) is 2.38. The van der Waals surface area contributed by atoms with E-state index < -0.39 is 0 Å². The molecule has 2 rings (SSSR count). The highest BCUT2D eigenvalue weighted by Crippen LogP contribution is 2.26. The van der Waals surface area contributed by atoms with Crippen molar-refractivity contribution in [2.24, 2.45) is 0 Å². The highest BCUT2D eigenvalue weighted by molar-refractivity contribution is 6.34. The Hall–Kier alpha value is -1.15. The van der Waals surface area contributed by atoms with Crippen LogP contribution in [0.25, 0.3) is 10.8 Å². The third-order valence-electron chi connectivity index (χ3n) is 2.28. The highest BCUT2D eigenvalue weighted by atomic mass is 35.5. The number of hydrogen-bond acceptors (Lipinski definition) is 1. The fraction of sp³-hybridized carbons (Fsp3) is 0.182. The van der Waals surface area contributed by atoms with Crippen molar-refractivity contribution >= 4 is 22.4 Å². The van der Waals surface area contributed by atoms with Crippen LogP contribution in [-0.4, -0.2) is 4.98 Å². The second-order valence-electron chi connectivity index (χ2n) is 3.09. The number of halogens is 2. The molecule has 0 amide bonds. The van der Waals surface area contributed by atoms with E-state index in [1.54, 1.807) is 12.3 Å². The predicted octanol–water partition coefficient (Wildman–Crippen LogP) is 3.59. The van der Waals surface area contributed by atoms with Gasteiger partial charge in [-0.2, -0.15) is 0 Å². The summed E-state index contributed by atoms with van der Waals surface area (Å²) in [5.41, 5.74) is 1.02. The van der Waals surface area contributed by atoms with E-state index in [-0.39, 0.29) is 11.0 Å². The average molecular weight is 210 g/mol. The van der Waals surface area contributed by atoms with E-state index in [9.17, 15) is 4.39 Å². The standard InChI is InChI=1S/C11H9ClFN/c1-2-7-6-14-11(12)10-8(7)4-3-5-9(10)13/h3-6H,2H2,1H3. The van der Waals surface area contributed by atoms with Gasteiger partial charge in [0.1, 0.15) is 11.0 Å². The first-order valence-corrected chi connectivity index (χ1v) is 4.83. The molecule has 1 heterocycles. The Morgan fingerprint density at radius 2 is 2.21 bits per heavy atom. The molecule has 0 fully saturated rings. The Labute approximate surface area is 86.5 Å². The van der Waals surface area contributed by atoms with Crippen molar-refractivity contribution in [2.75, 3.05) is 0 Å². The van der Waals surface area contributed by atoms with Crippen molar-refractivity contribution in [1.82, 2.24) is 4.98 Å². The summed E-state index contributed by atoms with van der Waals surface area (Å²) in [5.74, 6) is -0.310. The van der Waals surface area contributed by atoms with Gasteiger partial charge in [0.15, 0.2) is 0 Å². The van der Waals surface area contributed by atoms with Crippen LogP contribution in [0.5, 0.6) is 0 Å². The monoisotopic (exact) mass is 209 g/mol. The molecule has 0 N–H and O–H groups in total. The molecule has 1 aromatic heterocycles. The molecule has 14 heavy (non-hydrogen) atoms. The summed E-state index contributed by atoms with van der Waals surface area (Å²) in [6.45, 7) is 2.01. The number of benzene rings is 1. The lowest BCUT2D eigenvalue weighted by molar-refractivity contribution is 0.639. The first kappa shape index (κ1) is 9.41. The van der Waals surface area contributed by atoms with Crippen LogP contribution in [0.2, 0.25) is 5.15 Å². The van der Waals surface area contributed by atoms with Crippen molar-refractivity contribution in [1.29, 1.82) is 0 Å². The number of fused-ring (bicyclic) bond motifs is 1. The second-order valence-corrected chi connectivity index (χ2v) is 3.45. The molecule has 0 aliphatic rings. The van der Waals surface area contributed by atoms with E-state index in [0.717, 1.165) is 17.4 Å². The first-order valence-electron chi connectivity index (χ1n) is 4.45. The van der Waals surface area contributed by atoms with E-state index in [1.165, 1.54) is 6.07 Å². The SMILES string of the molecule is CCc1cnc(Cl)c2c(F)cccc12. The third kappa shape index (κ3) is 1.36. The maximum absolute atomic E-state index is 13.4. The van der Waals surface area contributed by atoms with Crippen LogP contribution in [0, 0.1) is 5.82 Å². The lowest BCUT2D eigenvalue weighted by Crippen LogP contribution is -1.90. The van der Waals surface area contributed by atoms with E-state index in [0.29, 0.717) is 5.39 Å². The number of aryl methyl sites for hydroxylation is 1. The summed E-state index contributed by atoms with van der Waals surface area (Å²) in [7, 11) is 0. The number of hydrogen-bond donors (Lipinski definition) is 0. The molecular formula is C11H9ClFN. The van der Waals surface area contributed by atoms with Crippen molar-refractivity contribution in [3.8, 4) is 0 Å². The quantitative estimate of drug-likeness (QED) is 0.654.